The second-order valence-corrected chi connectivity index (χ2v) is 9.44. The number of rotatable bonds is 7. The van der Waals surface area contributed by atoms with Crippen LogP contribution in [0.1, 0.15) is 30.6 Å². The van der Waals surface area contributed by atoms with Gasteiger partial charge in [0.25, 0.3) is 0 Å². The molecule has 1 aliphatic rings. The topological polar surface area (TPSA) is 96.7 Å². The van der Waals surface area contributed by atoms with Gasteiger partial charge in [-0.2, -0.15) is 0 Å². The van der Waals surface area contributed by atoms with Crippen molar-refractivity contribution in [3.05, 3.63) is 54.0 Å². The van der Waals surface area contributed by atoms with Crippen molar-refractivity contribution in [2.24, 2.45) is 5.92 Å². The lowest BCUT2D eigenvalue weighted by Crippen LogP contribution is -2.43. The number of sulfone groups is 1. The number of likely N-dealkylation sites (tertiary alicyclic amines) is 1. The number of carbonyl (C=O) groups is 2. The second-order valence-electron chi connectivity index (χ2n) is 7.33. The summed E-state index contributed by atoms with van der Waals surface area (Å²) in [4.78, 5) is 26.6. The number of amides is 2. The molecule has 0 aliphatic carbocycles. The summed E-state index contributed by atoms with van der Waals surface area (Å²) in [6.07, 6.45) is 2.65. The first kappa shape index (κ1) is 21.1. The van der Waals surface area contributed by atoms with Crippen LogP contribution in [0.15, 0.2) is 52.0 Å². The molecule has 2 aromatic rings. The van der Waals surface area contributed by atoms with Gasteiger partial charge in [-0.1, -0.05) is 17.7 Å². The molecular weight excluding hydrogens is 392 g/mol. The maximum Gasteiger partial charge on any atom is 0.223 e. The van der Waals surface area contributed by atoms with Gasteiger partial charge in [0.2, 0.25) is 11.8 Å². The largest absolute Gasteiger partial charge is 0.467 e. The monoisotopic (exact) mass is 418 g/mol. The van der Waals surface area contributed by atoms with Crippen molar-refractivity contribution in [3.8, 4) is 0 Å². The number of hydrogen-bond acceptors (Lipinski definition) is 5. The van der Waals surface area contributed by atoms with E-state index in [0.717, 1.165) is 5.56 Å². The smallest absolute Gasteiger partial charge is 0.223 e. The summed E-state index contributed by atoms with van der Waals surface area (Å²) < 4.78 is 30.0. The van der Waals surface area contributed by atoms with Crippen LogP contribution >= 0.6 is 0 Å². The van der Waals surface area contributed by atoms with E-state index in [-0.39, 0.29) is 34.8 Å². The molecule has 0 radical (unpaired) electrons. The molecule has 0 saturated carbocycles. The van der Waals surface area contributed by atoms with Crippen LogP contribution in [0, 0.1) is 12.8 Å². The Hall–Kier alpha value is -2.61. The molecule has 0 spiro atoms. The van der Waals surface area contributed by atoms with Crippen LogP contribution in [-0.4, -0.2) is 44.0 Å². The van der Waals surface area contributed by atoms with E-state index in [1.54, 1.807) is 47.6 Å². The summed E-state index contributed by atoms with van der Waals surface area (Å²) in [6.45, 7) is 3.16. The molecule has 1 saturated heterocycles. The SMILES string of the molecule is Cc1ccc(S(=O)(=O)CCC(=O)N2CCC(C(=O)NCc3ccco3)CC2)cc1. The summed E-state index contributed by atoms with van der Waals surface area (Å²) in [5.41, 5.74) is 0.982. The first-order valence-electron chi connectivity index (χ1n) is 9.72. The van der Waals surface area contributed by atoms with Crippen molar-refractivity contribution in [3.63, 3.8) is 0 Å². The van der Waals surface area contributed by atoms with Crippen molar-refractivity contribution in [1.29, 1.82) is 0 Å². The van der Waals surface area contributed by atoms with E-state index in [4.69, 9.17) is 4.42 Å². The molecule has 8 heteroatoms. The van der Waals surface area contributed by atoms with E-state index in [1.165, 1.54) is 0 Å². The standard InChI is InChI=1S/C21H26N2O5S/c1-16-4-6-19(7-5-16)29(26,27)14-10-20(24)23-11-8-17(9-12-23)21(25)22-15-18-3-2-13-28-18/h2-7,13,17H,8-12,14-15H2,1H3,(H,22,25). The first-order chi connectivity index (χ1) is 13.8. The quantitative estimate of drug-likeness (QED) is 0.744. The highest BCUT2D eigenvalue weighted by Crippen LogP contribution is 2.19. The fourth-order valence-corrected chi connectivity index (χ4v) is 4.60. The van der Waals surface area contributed by atoms with Crippen LogP contribution in [0.25, 0.3) is 0 Å². The van der Waals surface area contributed by atoms with Crippen LogP contribution in [0.5, 0.6) is 0 Å². The van der Waals surface area contributed by atoms with E-state index in [1.807, 2.05) is 6.92 Å². The molecule has 7 nitrogen and oxygen atoms in total. The van der Waals surface area contributed by atoms with Gasteiger partial charge in [0.15, 0.2) is 9.84 Å². The van der Waals surface area contributed by atoms with Gasteiger partial charge in [0.05, 0.1) is 23.5 Å². The normalized spacial score (nSPS) is 15.3. The number of aryl methyl sites for hydroxylation is 1. The Labute approximate surface area is 171 Å². The Bertz CT molecular complexity index is 928. The van der Waals surface area contributed by atoms with Crippen molar-refractivity contribution >= 4 is 21.7 Å². The van der Waals surface area contributed by atoms with Crippen LogP contribution in [-0.2, 0) is 26.0 Å². The number of furan rings is 1. The molecule has 2 heterocycles. The zero-order valence-electron chi connectivity index (χ0n) is 16.5. The van der Waals surface area contributed by atoms with Gasteiger partial charge in [-0.05, 0) is 44.0 Å². The Balaban J connectivity index is 1.43. The predicted molar refractivity (Wildman–Crippen MR) is 108 cm³/mol. The molecule has 1 aliphatic heterocycles. The van der Waals surface area contributed by atoms with Gasteiger partial charge in [-0.3, -0.25) is 9.59 Å². The molecule has 156 valence electrons. The second kappa shape index (κ2) is 9.26. The highest BCUT2D eigenvalue weighted by Gasteiger charge is 2.28. The van der Waals surface area contributed by atoms with Gasteiger partial charge in [-0.15, -0.1) is 0 Å². The van der Waals surface area contributed by atoms with Crippen molar-refractivity contribution < 1.29 is 22.4 Å². The third kappa shape index (κ3) is 5.69. The lowest BCUT2D eigenvalue weighted by molar-refractivity contribution is -0.135. The molecule has 2 amide bonds. The Morgan fingerprint density at radius 2 is 1.83 bits per heavy atom. The van der Waals surface area contributed by atoms with E-state index in [9.17, 15) is 18.0 Å². The van der Waals surface area contributed by atoms with Gasteiger partial charge >= 0.3 is 0 Å². The van der Waals surface area contributed by atoms with E-state index < -0.39 is 9.84 Å². The van der Waals surface area contributed by atoms with Crippen molar-refractivity contribution in [2.75, 3.05) is 18.8 Å². The van der Waals surface area contributed by atoms with Gasteiger partial charge in [0, 0.05) is 25.4 Å². The zero-order valence-corrected chi connectivity index (χ0v) is 17.3. The maximum absolute atomic E-state index is 12.4. The third-order valence-electron chi connectivity index (χ3n) is 5.20. The number of carbonyl (C=O) groups excluding carboxylic acids is 2. The number of hydrogen-bond donors (Lipinski definition) is 1. The van der Waals surface area contributed by atoms with Crippen molar-refractivity contribution in [1.82, 2.24) is 10.2 Å². The lowest BCUT2D eigenvalue weighted by Gasteiger charge is -2.31. The summed E-state index contributed by atoms with van der Waals surface area (Å²) in [6, 6.07) is 10.2. The van der Waals surface area contributed by atoms with Crippen LogP contribution in [0.2, 0.25) is 0 Å². The van der Waals surface area contributed by atoms with E-state index in [0.29, 0.717) is 38.2 Å². The molecular formula is C21H26N2O5S. The van der Waals surface area contributed by atoms with Crippen LogP contribution in [0.4, 0.5) is 0 Å². The summed E-state index contributed by atoms with van der Waals surface area (Å²) >= 11 is 0. The average molecular weight is 419 g/mol. The molecule has 29 heavy (non-hydrogen) atoms. The molecule has 1 N–H and O–H groups in total. The van der Waals surface area contributed by atoms with Gasteiger partial charge in [-0.25, -0.2) is 8.42 Å². The number of benzene rings is 1. The fourth-order valence-electron chi connectivity index (χ4n) is 3.37. The number of nitrogens with zero attached hydrogens (tertiary/aromatic N) is 1. The summed E-state index contributed by atoms with van der Waals surface area (Å²) in [5.74, 6) is 0.106. The average Bonchev–Trinajstić information content (AvgIpc) is 3.24. The number of piperidine rings is 1. The molecule has 3 rings (SSSR count). The minimum atomic E-state index is -3.48. The Morgan fingerprint density at radius 3 is 2.45 bits per heavy atom. The maximum atomic E-state index is 12.4. The first-order valence-corrected chi connectivity index (χ1v) is 11.4. The summed E-state index contributed by atoms with van der Waals surface area (Å²) in [7, 11) is -3.48. The van der Waals surface area contributed by atoms with Crippen LogP contribution < -0.4 is 5.32 Å². The summed E-state index contributed by atoms with van der Waals surface area (Å²) in [5, 5.41) is 2.85. The minimum absolute atomic E-state index is 0.0459. The lowest BCUT2D eigenvalue weighted by atomic mass is 9.95. The van der Waals surface area contributed by atoms with Gasteiger partial charge < -0.3 is 14.6 Å². The third-order valence-corrected chi connectivity index (χ3v) is 6.93. The molecule has 1 fully saturated rings. The Morgan fingerprint density at radius 1 is 1.14 bits per heavy atom. The van der Waals surface area contributed by atoms with Crippen molar-refractivity contribution in [2.45, 2.75) is 37.6 Å². The van der Waals surface area contributed by atoms with Crippen LogP contribution in [0.3, 0.4) is 0 Å². The molecule has 1 aromatic carbocycles. The highest BCUT2D eigenvalue weighted by molar-refractivity contribution is 7.91. The molecule has 0 unspecified atom stereocenters. The van der Waals surface area contributed by atoms with E-state index in [2.05, 4.69) is 5.32 Å². The highest BCUT2D eigenvalue weighted by atomic mass is 32.2. The van der Waals surface area contributed by atoms with E-state index >= 15 is 0 Å². The fraction of sp³-hybridized carbons (Fsp3) is 0.429. The Kier molecular flexibility index (Phi) is 6.74. The predicted octanol–water partition coefficient (Wildman–Crippen LogP) is 2.31. The number of nitrogens with one attached hydrogen (secondary N) is 1. The zero-order chi connectivity index (χ0) is 20.9. The van der Waals surface area contributed by atoms with Gasteiger partial charge in [0.1, 0.15) is 5.76 Å². The molecule has 1 aromatic heterocycles. The molecule has 0 bridgehead atoms. The minimum Gasteiger partial charge on any atom is -0.467 e. The molecule has 0 atom stereocenters.